The fourth-order valence-electron chi connectivity index (χ4n) is 3.04. The number of nitriles is 1. The van der Waals surface area contributed by atoms with Crippen molar-refractivity contribution < 1.29 is 0 Å². The number of aromatic nitrogens is 3. The van der Waals surface area contributed by atoms with Crippen LogP contribution in [-0.4, -0.2) is 15.0 Å². The Morgan fingerprint density at radius 1 is 1.00 bits per heavy atom. The van der Waals surface area contributed by atoms with Crippen molar-refractivity contribution in [1.29, 1.82) is 5.26 Å². The number of rotatable bonds is 2. The van der Waals surface area contributed by atoms with Crippen molar-refractivity contribution in [1.82, 2.24) is 15.0 Å². The normalized spacial score (nSPS) is 10.6. The molecule has 0 saturated carbocycles. The highest BCUT2D eigenvalue weighted by atomic mass is 14.9. The molecule has 2 N–H and O–H groups in total. The minimum Gasteiger partial charge on any atom is -0.382 e. The molecule has 0 aliphatic carbocycles. The predicted octanol–water partition coefficient (Wildman–Crippen LogP) is 4.12. The van der Waals surface area contributed by atoms with Crippen molar-refractivity contribution in [2.45, 2.75) is 6.92 Å². The fraction of sp³-hybridized carbons (Fsp3) is 0.0476. The quantitative estimate of drug-likeness (QED) is 0.594. The zero-order valence-electron chi connectivity index (χ0n) is 14.1. The highest BCUT2D eigenvalue weighted by molar-refractivity contribution is 5.88. The second-order valence-corrected chi connectivity index (χ2v) is 5.99. The number of nitrogen functional groups attached to an aromatic ring is 1. The van der Waals surface area contributed by atoms with Gasteiger partial charge in [0.1, 0.15) is 5.82 Å². The van der Waals surface area contributed by atoms with Gasteiger partial charge < -0.3 is 5.73 Å². The highest BCUT2D eigenvalue weighted by Crippen LogP contribution is 2.33. The van der Waals surface area contributed by atoms with Crippen molar-refractivity contribution in [2.75, 3.05) is 5.73 Å². The summed E-state index contributed by atoms with van der Waals surface area (Å²) in [5.41, 5.74) is 11.5. The lowest BCUT2D eigenvalue weighted by Crippen LogP contribution is -2.00. The molecule has 0 saturated heterocycles. The molecule has 0 aliphatic heterocycles. The molecule has 4 aromatic rings. The molecule has 0 aliphatic rings. The van der Waals surface area contributed by atoms with E-state index in [1.165, 1.54) is 0 Å². The van der Waals surface area contributed by atoms with E-state index in [1.54, 1.807) is 18.5 Å². The summed E-state index contributed by atoms with van der Waals surface area (Å²) in [5.74, 6) is 0.341. The van der Waals surface area contributed by atoms with E-state index >= 15 is 0 Å². The van der Waals surface area contributed by atoms with Gasteiger partial charge in [-0.15, -0.1) is 0 Å². The number of nitrogens with zero attached hydrogens (tertiary/aromatic N) is 4. The van der Waals surface area contributed by atoms with Crippen molar-refractivity contribution in [3.63, 3.8) is 0 Å². The summed E-state index contributed by atoms with van der Waals surface area (Å²) in [7, 11) is 0. The Labute approximate surface area is 150 Å². The molecule has 0 amide bonds. The summed E-state index contributed by atoms with van der Waals surface area (Å²) in [6.45, 7) is 1.91. The first kappa shape index (κ1) is 15.7. The van der Waals surface area contributed by atoms with E-state index in [2.05, 4.69) is 21.0 Å². The lowest BCUT2D eigenvalue weighted by molar-refractivity contribution is 1.21. The van der Waals surface area contributed by atoms with Crippen molar-refractivity contribution >= 4 is 16.7 Å². The first-order valence-electron chi connectivity index (χ1n) is 8.15. The largest absolute Gasteiger partial charge is 0.382 e. The number of anilines is 1. The summed E-state index contributed by atoms with van der Waals surface area (Å²) in [6.07, 6.45) is 3.32. The van der Waals surface area contributed by atoms with Gasteiger partial charge in [-0.2, -0.15) is 5.26 Å². The van der Waals surface area contributed by atoms with E-state index in [0.717, 1.165) is 33.3 Å². The monoisotopic (exact) mass is 337 g/mol. The van der Waals surface area contributed by atoms with Gasteiger partial charge in [-0.1, -0.05) is 24.3 Å². The molecule has 0 fully saturated rings. The molecule has 0 atom stereocenters. The molecular formula is C21H15N5. The topological polar surface area (TPSA) is 88.5 Å². The van der Waals surface area contributed by atoms with E-state index in [4.69, 9.17) is 5.73 Å². The van der Waals surface area contributed by atoms with Gasteiger partial charge in [0.15, 0.2) is 0 Å². The second kappa shape index (κ2) is 6.26. The van der Waals surface area contributed by atoms with Gasteiger partial charge in [0.05, 0.1) is 34.7 Å². The number of hydrogen-bond donors (Lipinski definition) is 1. The third-order valence-corrected chi connectivity index (χ3v) is 4.38. The summed E-state index contributed by atoms with van der Waals surface area (Å²) in [6, 6.07) is 17.7. The number of pyridine rings is 1. The lowest BCUT2D eigenvalue weighted by Gasteiger charge is -2.12. The lowest BCUT2D eigenvalue weighted by atomic mass is 9.96. The Morgan fingerprint density at radius 3 is 2.73 bits per heavy atom. The van der Waals surface area contributed by atoms with Gasteiger partial charge >= 0.3 is 0 Å². The van der Waals surface area contributed by atoms with Crippen molar-refractivity contribution in [2.24, 2.45) is 0 Å². The zero-order valence-corrected chi connectivity index (χ0v) is 14.1. The molecule has 2 heterocycles. The molecule has 0 spiro atoms. The van der Waals surface area contributed by atoms with Crippen LogP contribution in [0.1, 0.15) is 11.1 Å². The summed E-state index contributed by atoms with van der Waals surface area (Å²) >= 11 is 0. The maximum Gasteiger partial charge on any atom is 0.142 e. The van der Waals surface area contributed by atoms with Gasteiger partial charge in [-0.25, -0.2) is 4.98 Å². The minimum absolute atomic E-state index is 0.341. The Bertz CT molecular complexity index is 1170. The van der Waals surface area contributed by atoms with Crippen LogP contribution >= 0.6 is 0 Å². The third-order valence-electron chi connectivity index (χ3n) is 4.38. The summed E-state index contributed by atoms with van der Waals surface area (Å²) < 4.78 is 0. The number of hydrogen-bond acceptors (Lipinski definition) is 5. The van der Waals surface area contributed by atoms with Crippen LogP contribution in [0.25, 0.3) is 33.4 Å². The van der Waals surface area contributed by atoms with E-state index in [-0.39, 0.29) is 0 Å². The molecule has 124 valence electrons. The average molecular weight is 337 g/mol. The zero-order chi connectivity index (χ0) is 18.1. The van der Waals surface area contributed by atoms with Gasteiger partial charge in [-0.3, -0.25) is 9.97 Å². The number of fused-ring (bicyclic) bond motifs is 1. The van der Waals surface area contributed by atoms with E-state index in [9.17, 15) is 5.26 Å². The molecule has 5 nitrogen and oxygen atoms in total. The average Bonchev–Trinajstić information content (AvgIpc) is 2.68. The maximum absolute atomic E-state index is 9.33. The van der Waals surface area contributed by atoms with Crippen LogP contribution < -0.4 is 5.73 Å². The molecule has 26 heavy (non-hydrogen) atoms. The standard InChI is InChI=1S/C21H15N5/c1-13-16(11-22)4-2-6-17(13)21-20(25-12-19(23)26-21)15-7-8-18-14(10-15)5-3-9-24-18/h2-10,12H,1H3,(H2,23,26). The Hall–Kier alpha value is -3.78. The van der Waals surface area contributed by atoms with Crippen LogP contribution in [-0.2, 0) is 0 Å². The molecule has 2 aromatic carbocycles. The van der Waals surface area contributed by atoms with Gasteiger partial charge in [0.25, 0.3) is 0 Å². The van der Waals surface area contributed by atoms with Crippen molar-refractivity contribution in [3.05, 3.63) is 72.1 Å². The molecule has 0 radical (unpaired) electrons. The third kappa shape index (κ3) is 2.64. The molecule has 0 unspecified atom stereocenters. The first-order valence-corrected chi connectivity index (χ1v) is 8.15. The van der Waals surface area contributed by atoms with Crippen molar-refractivity contribution in [3.8, 4) is 28.6 Å². The van der Waals surface area contributed by atoms with Crippen LogP contribution in [0, 0.1) is 18.3 Å². The molecule has 4 rings (SSSR count). The van der Waals surface area contributed by atoms with Crippen LogP contribution in [0.4, 0.5) is 5.82 Å². The first-order chi connectivity index (χ1) is 12.7. The molecule has 2 aromatic heterocycles. The summed E-state index contributed by atoms with van der Waals surface area (Å²) in [5, 5.41) is 10.4. The van der Waals surface area contributed by atoms with Gasteiger partial charge in [-0.05, 0) is 36.8 Å². The van der Waals surface area contributed by atoms with Crippen LogP contribution in [0.2, 0.25) is 0 Å². The Kier molecular flexibility index (Phi) is 3.79. The van der Waals surface area contributed by atoms with Gasteiger partial charge in [0, 0.05) is 22.7 Å². The maximum atomic E-state index is 9.33. The van der Waals surface area contributed by atoms with Gasteiger partial charge in [0.2, 0.25) is 0 Å². The second-order valence-electron chi connectivity index (χ2n) is 5.99. The molecule has 0 bridgehead atoms. The summed E-state index contributed by atoms with van der Waals surface area (Å²) in [4.78, 5) is 13.4. The molecular weight excluding hydrogens is 322 g/mol. The van der Waals surface area contributed by atoms with Crippen LogP contribution in [0.15, 0.2) is 60.9 Å². The minimum atomic E-state index is 0.341. The predicted molar refractivity (Wildman–Crippen MR) is 102 cm³/mol. The smallest absolute Gasteiger partial charge is 0.142 e. The SMILES string of the molecule is Cc1c(C#N)cccc1-c1nc(N)cnc1-c1ccc2ncccc2c1. The van der Waals surface area contributed by atoms with E-state index in [0.29, 0.717) is 17.1 Å². The number of benzene rings is 2. The number of nitrogens with two attached hydrogens (primary N) is 1. The fourth-order valence-corrected chi connectivity index (χ4v) is 3.04. The van der Waals surface area contributed by atoms with Crippen LogP contribution in [0.5, 0.6) is 0 Å². The Balaban J connectivity index is 1.97. The highest BCUT2D eigenvalue weighted by Gasteiger charge is 2.15. The Morgan fingerprint density at radius 2 is 1.88 bits per heavy atom. The molecule has 5 heteroatoms. The van der Waals surface area contributed by atoms with E-state index in [1.807, 2.05) is 49.4 Å². The van der Waals surface area contributed by atoms with Crippen LogP contribution in [0.3, 0.4) is 0 Å². The van der Waals surface area contributed by atoms with E-state index < -0.39 is 0 Å².